The van der Waals surface area contributed by atoms with Crippen LogP contribution in [0.1, 0.15) is 51.8 Å². The first-order valence-electron chi connectivity index (χ1n) is 12.7. The number of carbonyl (C=O) groups is 2. The zero-order valence-electron chi connectivity index (χ0n) is 21.4. The Hall–Kier alpha value is -3.76. The van der Waals surface area contributed by atoms with E-state index < -0.39 is 11.9 Å². The Bertz CT molecular complexity index is 1420. The number of methoxy groups -OCH3 is 1. The number of aromatic nitrogens is 1. The summed E-state index contributed by atoms with van der Waals surface area (Å²) in [6.45, 7) is 0.217. The number of rotatable bonds is 9. The highest BCUT2D eigenvalue weighted by atomic mass is 32.1. The fraction of sp³-hybridized carbons (Fsp3) is 0.276. The first kappa shape index (κ1) is 26.8. The summed E-state index contributed by atoms with van der Waals surface area (Å²) < 4.78 is 23.2. The van der Waals surface area contributed by atoms with Gasteiger partial charge < -0.3 is 20.7 Å². The minimum atomic E-state index is -0.901. The van der Waals surface area contributed by atoms with E-state index in [2.05, 4.69) is 9.69 Å². The van der Waals surface area contributed by atoms with Gasteiger partial charge in [-0.25, -0.2) is 4.39 Å². The monoisotopic (exact) mass is 564 g/mol. The van der Waals surface area contributed by atoms with Crippen molar-refractivity contribution in [1.29, 1.82) is 0 Å². The number of hydrogen-bond donors (Lipinski definition) is 2. The summed E-state index contributed by atoms with van der Waals surface area (Å²) in [5.74, 6) is -0.352. The normalized spacial score (nSPS) is 14.2. The lowest BCUT2D eigenvalue weighted by atomic mass is 10.0. The predicted octanol–water partition coefficient (Wildman–Crippen LogP) is 6.04. The Morgan fingerprint density at radius 2 is 1.85 bits per heavy atom. The number of carbonyl (C=O) groups excluding carboxylic acids is 2. The van der Waals surface area contributed by atoms with Crippen molar-refractivity contribution in [1.82, 2.24) is 14.6 Å². The Balaban J connectivity index is 1.55. The van der Waals surface area contributed by atoms with Crippen molar-refractivity contribution in [2.24, 2.45) is 0 Å². The highest BCUT2D eigenvalue weighted by molar-refractivity contribution is 7.10. The van der Waals surface area contributed by atoms with E-state index in [0.717, 1.165) is 42.1 Å². The van der Waals surface area contributed by atoms with Gasteiger partial charge in [0.15, 0.2) is 0 Å². The van der Waals surface area contributed by atoms with Gasteiger partial charge in [0.1, 0.15) is 28.2 Å². The van der Waals surface area contributed by atoms with Crippen LogP contribution in [0.4, 0.5) is 10.1 Å². The molecule has 5 rings (SSSR count). The summed E-state index contributed by atoms with van der Waals surface area (Å²) in [5, 5.41) is 5.12. The van der Waals surface area contributed by atoms with E-state index in [9.17, 15) is 14.0 Å². The molecule has 0 saturated heterocycles. The molecule has 2 heterocycles. The highest BCUT2D eigenvalue weighted by Crippen LogP contribution is 2.35. The number of nitrogen functional groups attached to an aromatic ring is 1. The minimum absolute atomic E-state index is 0.0792. The first-order chi connectivity index (χ1) is 18.9. The molecule has 3 N–H and O–H groups in total. The van der Waals surface area contributed by atoms with Crippen molar-refractivity contribution in [3.63, 3.8) is 0 Å². The van der Waals surface area contributed by atoms with E-state index in [0.29, 0.717) is 22.6 Å². The SMILES string of the molecule is COc1ccc(C(C(=O)NC2CCCC2)N(Cc2cccs2)C(=O)c2snc(-c3ccc(F)cc3)c2N)cc1. The first-order valence-corrected chi connectivity index (χ1v) is 14.4. The van der Waals surface area contributed by atoms with Gasteiger partial charge in [-0.15, -0.1) is 11.3 Å². The topological polar surface area (TPSA) is 97.5 Å². The molecule has 1 saturated carbocycles. The van der Waals surface area contributed by atoms with Gasteiger partial charge in [-0.2, -0.15) is 4.37 Å². The van der Waals surface area contributed by atoms with Crippen LogP contribution in [0.5, 0.6) is 5.75 Å². The van der Waals surface area contributed by atoms with Gasteiger partial charge in [0, 0.05) is 16.5 Å². The second kappa shape index (κ2) is 12.0. The number of halogens is 1. The molecule has 1 unspecified atom stereocenters. The molecule has 2 aromatic heterocycles. The number of nitrogens with one attached hydrogen (secondary N) is 1. The Labute approximate surface area is 234 Å². The number of nitrogens with zero attached hydrogens (tertiary/aromatic N) is 2. The van der Waals surface area contributed by atoms with Crippen LogP contribution in [-0.4, -0.2) is 34.2 Å². The standard InChI is InChI=1S/C29H29FN4O3S2/c1-37-22-14-10-19(11-15-22)26(28(35)32-21-5-2-3-6-21)34(17-23-7-4-16-38-23)29(36)27-24(31)25(33-39-27)18-8-12-20(30)13-9-18/h4,7-16,21,26H,2-3,5-6,17,31H2,1H3,(H,32,35). The fourth-order valence-corrected chi connectivity index (χ4v) is 6.34. The lowest BCUT2D eigenvalue weighted by molar-refractivity contribution is -0.126. The van der Waals surface area contributed by atoms with Crippen LogP contribution >= 0.6 is 22.9 Å². The van der Waals surface area contributed by atoms with Crippen LogP contribution in [0.15, 0.2) is 66.0 Å². The van der Waals surface area contributed by atoms with Gasteiger partial charge in [-0.05, 0) is 77.8 Å². The van der Waals surface area contributed by atoms with Crippen LogP contribution < -0.4 is 15.8 Å². The third-order valence-corrected chi connectivity index (χ3v) is 8.61. The molecule has 0 bridgehead atoms. The van der Waals surface area contributed by atoms with Crippen LogP contribution in [0.3, 0.4) is 0 Å². The smallest absolute Gasteiger partial charge is 0.268 e. The molecule has 0 aliphatic heterocycles. The molecule has 1 aliphatic carbocycles. The van der Waals surface area contributed by atoms with E-state index in [1.807, 2.05) is 29.6 Å². The average Bonchev–Trinajstić information content (AvgIpc) is 3.72. The van der Waals surface area contributed by atoms with E-state index in [-0.39, 0.29) is 34.9 Å². The van der Waals surface area contributed by atoms with Gasteiger partial charge in [-0.1, -0.05) is 31.0 Å². The van der Waals surface area contributed by atoms with Crippen molar-refractivity contribution >= 4 is 40.4 Å². The molecule has 7 nitrogen and oxygen atoms in total. The van der Waals surface area contributed by atoms with Gasteiger partial charge in [0.05, 0.1) is 19.3 Å². The molecule has 2 amide bonds. The van der Waals surface area contributed by atoms with Gasteiger partial charge in [-0.3, -0.25) is 9.59 Å². The number of ether oxygens (including phenoxy) is 1. The summed E-state index contributed by atoms with van der Waals surface area (Å²) in [6.07, 6.45) is 3.98. The molecule has 1 atom stereocenters. The summed E-state index contributed by atoms with van der Waals surface area (Å²) in [6, 6.07) is 16.0. The lowest BCUT2D eigenvalue weighted by Gasteiger charge is -2.32. The average molecular weight is 565 g/mol. The molecule has 4 aromatic rings. The van der Waals surface area contributed by atoms with Crippen molar-refractivity contribution in [2.45, 2.75) is 44.3 Å². The second-order valence-corrected chi connectivity index (χ2v) is 11.3. The number of hydrogen-bond acceptors (Lipinski definition) is 7. The molecular weight excluding hydrogens is 535 g/mol. The predicted molar refractivity (Wildman–Crippen MR) is 152 cm³/mol. The molecule has 0 radical (unpaired) electrons. The van der Waals surface area contributed by atoms with Crippen molar-refractivity contribution in [3.8, 4) is 17.0 Å². The third-order valence-electron chi connectivity index (χ3n) is 6.90. The number of thiophene rings is 1. The molecular formula is C29H29FN4O3S2. The minimum Gasteiger partial charge on any atom is -0.497 e. The zero-order chi connectivity index (χ0) is 27.4. The maximum atomic E-state index is 14.2. The summed E-state index contributed by atoms with van der Waals surface area (Å²) in [5.41, 5.74) is 8.36. The zero-order valence-corrected chi connectivity index (χ0v) is 23.1. The highest BCUT2D eigenvalue weighted by Gasteiger charge is 2.36. The second-order valence-electron chi connectivity index (χ2n) is 9.46. The summed E-state index contributed by atoms with van der Waals surface area (Å²) in [7, 11) is 1.58. The number of anilines is 1. The van der Waals surface area contributed by atoms with E-state index >= 15 is 0 Å². The molecule has 1 aliphatic rings. The van der Waals surface area contributed by atoms with Crippen molar-refractivity contribution < 1.29 is 18.7 Å². The van der Waals surface area contributed by atoms with Crippen molar-refractivity contribution in [2.75, 3.05) is 12.8 Å². The Morgan fingerprint density at radius 3 is 2.49 bits per heavy atom. The van der Waals surface area contributed by atoms with Gasteiger partial charge in [0.2, 0.25) is 5.91 Å². The number of benzene rings is 2. The molecule has 0 spiro atoms. The quantitative estimate of drug-likeness (QED) is 0.258. The van der Waals surface area contributed by atoms with Gasteiger partial charge >= 0.3 is 0 Å². The van der Waals surface area contributed by atoms with Crippen LogP contribution in [0.25, 0.3) is 11.3 Å². The Kier molecular flexibility index (Phi) is 8.23. The number of nitrogens with two attached hydrogens (primary N) is 1. The van der Waals surface area contributed by atoms with Crippen molar-refractivity contribution in [3.05, 3.63) is 87.2 Å². The maximum Gasteiger partial charge on any atom is 0.268 e. The molecule has 202 valence electrons. The van der Waals surface area contributed by atoms with Crippen LogP contribution in [0.2, 0.25) is 0 Å². The third kappa shape index (κ3) is 5.97. The van der Waals surface area contributed by atoms with Crippen LogP contribution in [0, 0.1) is 5.82 Å². The van der Waals surface area contributed by atoms with Gasteiger partial charge in [0.25, 0.3) is 5.91 Å². The largest absolute Gasteiger partial charge is 0.497 e. The molecule has 39 heavy (non-hydrogen) atoms. The van der Waals surface area contributed by atoms with E-state index in [1.54, 1.807) is 36.3 Å². The molecule has 10 heteroatoms. The lowest BCUT2D eigenvalue weighted by Crippen LogP contribution is -2.45. The maximum absolute atomic E-state index is 14.2. The molecule has 2 aromatic carbocycles. The van der Waals surface area contributed by atoms with Crippen LogP contribution in [-0.2, 0) is 11.3 Å². The molecule has 1 fully saturated rings. The summed E-state index contributed by atoms with van der Waals surface area (Å²) in [4.78, 5) is 30.8. The fourth-order valence-electron chi connectivity index (χ4n) is 4.86. The summed E-state index contributed by atoms with van der Waals surface area (Å²) >= 11 is 2.49. The number of amides is 2. The Morgan fingerprint density at radius 1 is 1.13 bits per heavy atom. The van der Waals surface area contributed by atoms with E-state index in [4.69, 9.17) is 10.5 Å². The van der Waals surface area contributed by atoms with E-state index in [1.165, 1.54) is 23.5 Å².